The van der Waals surface area contributed by atoms with Crippen LogP contribution in [0.2, 0.25) is 0 Å². The molecule has 4 nitrogen and oxygen atoms in total. The van der Waals surface area contributed by atoms with Crippen LogP contribution in [0.5, 0.6) is 0 Å². The van der Waals surface area contributed by atoms with Crippen LogP contribution in [-0.2, 0) is 17.6 Å². The Kier molecular flexibility index (Phi) is 3.65. The number of benzene rings is 2. The molecule has 2 aromatic carbocycles. The molecule has 1 aliphatic rings. The van der Waals surface area contributed by atoms with Crippen LogP contribution in [0.3, 0.4) is 0 Å². The fourth-order valence-corrected chi connectivity index (χ4v) is 3.34. The highest BCUT2D eigenvalue weighted by Gasteiger charge is 2.19. The third-order valence-electron chi connectivity index (χ3n) is 4.39. The SMILES string of the molecule is CC(=O)Nc1ccc(Nc2c3c(nc4ccccc24)CCC3)cc1. The van der Waals surface area contributed by atoms with Crippen molar-refractivity contribution < 1.29 is 4.79 Å². The highest BCUT2D eigenvalue weighted by Crippen LogP contribution is 2.35. The monoisotopic (exact) mass is 317 g/mol. The summed E-state index contributed by atoms with van der Waals surface area (Å²) in [6, 6.07) is 16.1. The molecule has 120 valence electrons. The molecule has 0 spiro atoms. The van der Waals surface area contributed by atoms with Gasteiger partial charge in [0.2, 0.25) is 5.91 Å². The first-order chi connectivity index (χ1) is 11.7. The molecule has 1 aromatic heterocycles. The second kappa shape index (κ2) is 5.96. The molecular formula is C20H19N3O. The van der Waals surface area contributed by atoms with Crippen molar-refractivity contribution in [2.75, 3.05) is 10.6 Å². The van der Waals surface area contributed by atoms with E-state index in [0.717, 1.165) is 41.5 Å². The van der Waals surface area contributed by atoms with E-state index in [9.17, 15) is 4.79 Å². The summed E-state index contributed by atoms with van der Waals surface area (Å²) in [5.74, 6) is -0.0614. The van der Waals surface area contributed by atoms with Gasteiger partial charge >= 0.3 is 0 Å². The summed E-state index contributed by atoms with van der Waals surface area (Å²) < 4.78 is 0. The van der Waals surface area contributed by atoms with Crippen molar-refractivity contribution in [3.63, 3.8) is 0 Å². The number of aryl methyl sites for hydroxylation is 1. The van der Waals surface area contributed by atoms with Crippen molar-refractivity contribution in [3.05, 3.63) is 59.8 Å². The number of rotatable bonds is 3. The van der Waals surface area contributed by atoms with Crippen molar-refractivity contribution >= 4 is 33.9 Å². The van der Waals surface area contributed by atoms with Crippen LogP contribution in [0.15, 0.2) is 48.5 Å². The second-order valence-corrected chi connectivity index (χ2v) is 6.17. The first kappa shape index (κ1) is 14.7. The number of nitrogens with one attached hydrogen (secondary N) is 2. The van der Waals surface area contributed by atoms with Crippen LogP contribution in [0.1, 0.15) is 24.6 Å². The average molecular weight is 317 g/mol. The molecule has 0 fully saturated rings. The molecule has 0 aliphatic heterocycles. The third kappa shape index (κ3) is 2.71. The number of nitrogens with zero attached hydrogens (tertiary/aromatic N) is 1. The van der Waals surface area contributed by atoms with Gasteiger partial charge < -0.3 is 10.6 Å². The lowest BCUT2D eigenvalue weighted by molar-refractivity contribution is -0.114. The van der Waals surface area contributed by atoms with Crippen molar-refractivity contribution in [2.24, 2.45) is 0 Å². The Morgan fingerprint density at radius 2 is 1.75 bits per heavy atom. The predicted molar refractivity (Wildman–Crippen MR) is 97.8 cm³/mol. The lowest BCUT2D eigenvalue weighted by atomic mass is 10.1. The zero-order chi connectivity index (χ0) is 16.5. The van der Waals surface area contributed by atoms with Gasteiger partial charge in [-0.05, 0) is 55.2 Å². The summed E-state index contributed by atoms with van der Waals surface area (Å²) in [7, 11) is 0. The molecule has 2 N–H and O–H groups in total. The van der Waals surface area contributed by atoms with Gasteiger partial charge in [0, 0.05) is 29.4 Å². The van der Waals surface area contributed by atoms with Gasteiger partial charge in [-0.1, -0.05) is 18.2 Å². The Bertz CT molecular complexity index is 916. The van der Waals surface area contributed by atoms with Crippen molar-refractivity contribution in [3.8, 4) is 0 Å². The largest absolute Gasteiger partial charge is 0.355 e. The number of fused-ring (bicyclic) bond motifs is 2. The maximum atomic E-state index is 11.1. The minimum absolute atomic E-state index is 0.0614. The fourth-order valence-electron chi connectivity index (χ4n) is 3.34. The molecule has 3 aromatic rings. The quantitative estimate of drug-likeness (QED) is 0.751. The number of carbonyl (C=O) groups excluding carboxylic acids is 1. The van der Waals surface area contributed by atoms with Crippen molar-refractivity contribution in [1.29, 1.82) is 0 Å². The van der Waals surface area contributed by atoms with Gasteiger partial charge in [-0.2, -0.15) is 0 Å². The summed E-state index contributed by atoms with van der Waals surface area (Å²) >= 11 is 0. The summed E-state index contributed by atoms with van der Waals surface area (Å²) in [6.07, 6.45) is 3.28. The molecule has 1 aliphatic carbocycles. The molecule has 0 unspecified atom stereocenters. The number of hydrogen-bond acceptors (Lipinski definition) is 3. The van der Waals surface area contributed by atoms with E-state index in [2.05, 4.69) is 28.8 Å². The number of carbonyl (C=O) groups is 1. The van der Waals surface area contributed by atoms with Crippen molar-refractivity contribution in [2.45, 2.75) is 26.2 Å². The summed E-state index contributed by atoms with van der Waals surface area (Å²) in [4.78, 5) is 15.9. The third-order valence-corrected chi connectivity index (χ3v) is 4.39. The van der Waals surface area contributed by atoms with Crippen molar-refractivity contribution in [1.82, 2.24) is 4.98 Å². The van der Waals surface area contributed by atoms with Gasteiger partial charge in [0.15, 0.2) is 0 Å². The Labute approximate surface area is 140 Å². The van der Waals surface area contributed by atoms with E-state index in [0.29, 0.717) is 0 Å². The van der Waals surface area contributed by atoms with E-state index in [-0.39, 0.29) is 5.91 Å². The van der Waals surface area contributed by atoms with Crippen LogP contribution >= 0.6 is 0 Å². The maximum Gasteiger partial charge on any atom is 0.221 e. The van der Waals surface area contributed by atoms with Crippen LogP contribution in [0.25, 0.3) is 10.9 Å². The van der Waals surface area contributed by atoms with E-state index >= 15 is 0 Å². The number of pyridine rings is 1. The predicted octanol–water partition coefficient (Wildman–Crippen LogP) is 4.43. The normalized spacial score (nSPS) is 12.9. The van der Waals surface area contributed by atoms with Crippen LogP contribution in [0.4, 0.5) is 17.1 Å². The average Bonchev–Trinajstić information content (AvgIpc) is 3.04. The number of hydrogen-bond donors (Lipinski definition) is 2. The Balaban J connectivity index is 1.73. The minimum Gasteiger partial charge on any atom is -0.355 e. The summed E-state index contributed by atoms with van der Waals surface area (Å²) in [5, 5.41) is 7.52. The molecule has 4 rings (SSSR count). The van der Waals surface area contributed by atoms with Crippen LogP contribution < -0.4 is 10.6 Å². The van der Waals surface area contributed by atoms with E-state index in [1.807, 2.05) is 30.3 Å². The zero-order valence-corrected chi connectivity index (χ0v) is 13.6. The molecule has 1 amide bonds. The van der Waals surface area contributed by atoms with Gasteiger partial charge in [-0.3, -0.25) is 9.78 Å². The Morgan fingerprint density at radius 1 is 1.00 bits per heavy atom. The smallest absolute Gasteiger partial charge is 0.221 e. The zero-order valence-electron chi connectivity index (χ0n) is 13.6. The van der Waals surface area contributed by atoms with E-state index in [1.165, 1.54) is 23.9 Å². The summed E-state index contributed by atoms with van der Waals surface area (Å²) in [6.45, 7) is 1.51. The fraction of sp³-hybridized carbons (Fsp3) is 0.200. The van der Waals surface area contributed by atoms with E-state index in [1.54, 1.807) is 0 Å². The number of aromatic nitrogens is 1. The topological polar surface area (TPSA) is 54.0 Å². The lowest BCUT2D eigenvalue weighted by Gasteiger charge is -2.15. The standard InChI is InChI=1S/C20H19N3O/c1-13(24)21-14-9-11-15(12-10-14)22-20-16-5-2-3-7-18(16)23-19-8-4-6-17(19)20/h2-3,5,7,9-12H,4,6,8H2,1H3,(H,21,24)(H,22,23). The second-order valence-electron chi connectivity index (χ2n) is 6.17. The van der Waals surface area contributed by atoms with E-state index in [4.69, 9.17) is 4.98 Å². The van der Waals surface area contributed by atoms with Gasteiger partial charge in [0.05, 0.1) is 11.2 Å². The summed E-state index contributed by atoms with van der Waals surface area (Å²) in [5.41, 5.74) is 6.56. The van der Waals surface area contributed by atoms with Crippen LogP contribution in [-0.4, -0.2) is 10.9 Å². The number of para-hydroxylation sites is 1. The highest BCUT2D eigenvalue weighted by atomic mass is 16.1. The molecule has 24 heavy (non-hydrogen) atoms. The molecule has 0 bridgehead atoms. The Morgan fingerprint density at radius 3 is 2.54 bits per heavy atom. The highest BCUT2D eigenvalue weighted by molar-refractivity contribution is 5.95. The van der Waals surface area contributed by atoms with Crippen LogP contribution in [0, 0.1) is 0 Å². The Hall–Kier alpha value is -2.88. The van der Waals surface area contributed by atoms with Gasteiger partial charge in [-0.15, -0.1) is 0 Å². The first-order valence-electron chi connectivity index (χ1n) is 8.26. The first-order valence-corrected chi connectivity index (χ1v) is 8.26. The minimum atomic E-state index is -0.0614. The molecular weight excluding hydrogens is 298 g/mol. The maximum absolute atomic E-state index is 11.1. The molecule has 0 atom stereocenters. The number of amides is 1. The molecule has 0 saturated carbocycles. The molecule has 0 saturated heterocycles. The molecule has 1 heterocycles. The molecule has 4 heteroatoms. The van der Waals surface area contributed by atoms with Gasteiger partial charge in [0.25, 0.3) is 0 Å². The molecule has 0 radical (unpaired) electrons. The van der Waals surface area contributed by atoms with Gasteiger partial charge in [0.1, 0.15) is 0 Å². The lowest BCUT2D eigenvalue weighted by Crippen LogP contribution is -2.05. The van der Waals surface area contributed by atoms with Gasteiger partial charge in [-0.25, -0.2) is 0 Å². The van der Waals surface area contributed by atoms with E-state index < -0.39 is 0 Å². The number of anilines is 3.